The van der Waals surface area contributed by atoms with E-state index >= 15 is 0 Å². The Morgan fingerprint density at radius 1 is 1.71 bits per heavy atom. The van der Waals surface area contributed by atoms with Crippen molar-refractivity contribution in [3.05, 3.63) is 21.9 Å². The summed E-state index contributed by atoms with van der Waals surface area (Å²) in [6, 6.07) is 1.86. The van der Waals surface area contributed by atoms with Crippen LogP contribution in [0.3, 0.4) is 0 Å². The summed E-state index contributed by atoms with van der Waals surface area (Å²) >= 11 is 1.70. The van der Waals surface area contributed by atoms with Crippen molar-refractivity contribution in [2.75, 3.05) is 7.11 Å². The largest absolute Gasteiger partial charge is 0.468 e. The van der Waals surface area contributed by atoms with E-state index in [2.05, 4.69) is 28.4 Å². The van der Waals surface area contributed by atoms with E-state index in [9.17, 15) is 4.79 Å². The van der Waals surface area contributed by atoms with Gasteiger partial charge in [0.25, 0.3) is 0 Å². The maximum absolute atomic E-state index is 11.1. The Kier molecular flexibility index (Phi) is 4.10. The second-order valence-electron chi connectivity index (χ2n) is 3.22. The van der Waals surface area contributed by atoms with Gasteiger partial charge in [0, 0.05) is 11.4 Å². The lowest BCUT2D eigenvalue weighted by Gasteiger charge is -2.09. The molecule has 0 fully saturated rings. The molecule has 1 heterocycles. The molecular weight excluding hydrogens is 198 g/mol. The van der Waals surface area contributed by atoms with Gasteiger partial charge in [-0.15, -0.1) is 11.3 Å². The van der Waals surface area contributed by atoms with Gasteiger partial charge >= 0.3 is 5.97 Å². The third kappa shape index (κ3) is 3.12. The second kappa shape index (κ2) is 5.12. The highest BCUT2D eigenvalue weighted by molar-refractivity contribution is 7.10. The Balaban J connectivity index is 2.37. The molecule has 3 nitrogen and oxygen atoms in total. The van der Waals surface area contributed by atoms with E-state index < -0.39 is 0 Å². The lowest BCUT2D eigenvalue weighted by Crippen LogP contribution is -2.34. The Bertz CT molecular complexity index is 309. The Hall–Kier alpha value is -0.870. The van der Waals surface area contributed by atoms with Gasteiger partial charge in [-0.25, -0.2) is 0 Å². The first-order valence-corrected chi connectivity index (χ1v) is 5.36. The number of nitrogens with one attached hydrogen (secondary N) is 1. The van der Waals surface area contributed by atoms with Crippen LogP contribution in [0.2, 0.25) is 0 Å². The summed E-state index contributed by atoms with van der Waals surface area (Å²) < 4.78 is 4.61. The zero-order valence-corrected chi connectivity index (χ0v) is 9.48. The predicted octanol–water partition coefficient (Wildman–Crippen LogP) is 1.71. The maximum atomic E-state index is 11.1. The molecule has 0 bridgehead atoms. The quantitative estimate of drug-likeness (QED) is 0.774. The molecule has 0 radical (unpaired) electrons. The van der Waals surface area contributed by atoms with Gasteiger partial charge in [0.2, 0.25) is 0 Å². The summed E-state index contributed by atoms with van der Waals surface area (Å²) in [6.07, 6.45) is 0. The highest BCUT2D eigenvalue weighted by atomic mass is 32.1. The number of hydrogen-bond donors (Lipinski definition) is 1. The molecule has 1 N–H and O–H groups in total. The molecule has 1 unspecified atom stereocenters. The Morgan fingerprint density at radius 3 is 2.93 bits per heavy atom. The van der Waals surface area contributed by atoms with Crippen molar-refractivity contribution >= 4 is 17.3 Å². The molecule has 14 heavy (non-hydrogen) atoms. The van der Waals surface area contributed by atoms with Crippen LogP contribution in [-0.4, -0.2) is 19.1 Å². The molecule has 1 rings (SSSR count). The normalized spacial score (nSPS) is 12.5. The summed E-state index contributed by atoms with van der Waals surface area (Å²) in [5, 5.41) is 5.20. The Labute approximate surface area is 88.1 Å². The molecule has 0 amide bonds. The SMILES string of the molecule is COC(=O)C(C)NCc1cc(C)cs1. The van der Waals surface area contributed by atoms with Gasteiger partial charge in [-0.05, 0) is 30.9 Å². The van der Waals surface area contributed by atoms with Crippen LogP contribution in [0.1, 0.15) is 17.4 Å². The van der Waals surface area contributed by atoms with Crippen molar-refractivity contribution in [2.45, 2.75) is 26.4 Å². The zero-order chi connectivity index (χ0) is 10.6. The minimum absolute atomic E-state index is 0.224. The molecule has 0 saturated heterocycles. The van der Waals surface area contributed by atoms with Crippen molar-refractivity contribution < 1.29 is 9.53 Å². The molecule has 4 heteroatoms. The van der Waals surface area contributed by atoms with Crippen LogP contribution in [0, 0.1) is 6.92 Å². The van der Waals surface area contributed by atoms with E-state index in [0.717, 1.165) is 6.54 Å². The molecule has 0 aliphatic heterocycles. The van der Waals surface area contributed by atoms with Crippen LogP contribution >= 0.6 is 11.3 Å². The molecule has 0 aromatic carbocycles. The van der Waals surface area contributed by atoms with Crippen LogP contribution in [0.15, 0.2) is 11.4 Å². The lowest BCUT2D eigenvalue weighted by molar-refractivity contribution is -0.142. The van der Waals surface area contributed by atoms with E-state index in [1.807, 2.05) is 0 Å². The van der Waals surface area contributed by atoms with Crippen LogP contribution < -0.4 is 5.32 Å². The highest BCUT2D eigenvalue weighted by Gasteiger charge is 2.11. The van der Waals surface area contributed by atoms with Crippen molar-refractivity contribution in [3.8, 4) is 0 Å². The van der Waals surface area contributed by atoms with Crippen LogP contribution in [0.4, 0.5) is 0 Å². The topological polar surface area (TPSA) is 38.3 Å². The third-order valence-electron chi connectivity index (χ3n) is 1.92. The number of methoxy groups -OCH3 is 1. The van der Waals surface area contributed by atoms with Gasteiger partial charge < -0.3 is 4.74 Å². The summed E-state index contributed by atoms with van der Waals surface area (Å²) in [7, 11) is 1.40. The number of aryl methyl sites for hydroxylation is 1. The van der Waals surface area contributed by atoms with Gasteiger partial charge in [0.05, 0.1) is 7.11 Å². The van der Waals surface area contributed by atoms with E-state index in [4.69, 9.17) is 0 Å². The minimum atomic E-state index is -0.248. The fraction of sp³-hybridized carbons (Fsp3) is 0.500. The van der Waals surface area contributed by atoms with Gasteiger partial charge in [0.15, 0.2) is 0 Å². The van der Waals surface area contributed by atoms with Crippen LogP contribution in [0.5, 0.6) is 0 Å². The summed E-state index contributed by atoms with van der Waals surface area (Å²) in [5.41, 5.74) is 1.26. The van der Waals surface area contributed by atoms with Gasteiger partial charge in [-0.1, -0.05) is 0 Å². The van der Waals surface area contributed by atoms with E-state index in [-0.39, 0.29) is 12.0 Å². The average Bonchev–Trinajstić information content (AvgIpc) is 2.59. The number of carbonyl (C=O) groups excluding carboxylic acids is 1. The van der Waals surface area contributed by atoms with Crippen LogP contribution in [-0.2, 0) is 16.1 Å². The minimum Gasteiger partial charge on any atom is -0.468 e. The number of thiophene rings is 1. The fourth-order valence-electron chi connectivity index (χ4n) is 1.10. The molecule has 1 aromatic heterocycles. The molecule has 78 valence electrons. The van der Waals surface area contributed by atoms with E-state index in [0.29, 0.717) is 0 Å². The van der Waals surface area contributed by atoms with Crippen LogP contribution in [0.25, 0.3) is 0 Å². The highest BCUT2D eigenvalue weighted by Crippen LogP contribution is 2.13. The summed E-state index contributed by atoms with van der Waals surface area (Å²) in [4.78, 5) is 12.3. The van der Waals surface area contributed by atoms with Crippen molar-refractivity contribution in [1.82, 2.24) is 5.32 Å². The molecule has 0 spiro atoms. The first-order valence-electron chi connectivity index (χ1n) is 4.48. The summed E-state index contributed by atoms with van der Waals surface area (Å²) in [5.74, 6) is -0.224. The predicted molar refractivity (Wildman–Crippen MR) is 57.4 cm³/mol. The van der Waals surface area contributed by atoms with Gasteiger partial charge in [-0.3, -0.25) is 10.1 Å². The third-order valence-corrected chi connectivity index (χ3v) is 2.98. The number of hydrogen-bond acceptors (Lipinski definition) is 4. The van der Waals surface area contributed by atoms with Crippen molar-refractivity contribution in [1.29, 1.82) is 0 Å². The summed E-state index contributed by atoms with van der Waals surface area (Å²) in [6.45, 7) is 4.57. The number of esters is 1. The number of rotatable bonds is 4. The molecule has 1 aromatic rings. The molecule has 1 atom stereocenters. The lowest BCUT2D eigenvalue weighted by atomic mass is 10.3. The monoisotopic (exact) mass is 213 g/mol. The average molecular weight is 213 g/mol. The Morgan fingerprint density at radius 2 is 2.43 bits per heavy atom. The number of carbonyl (C=O) groups is 1. The zero-order valence-electron chi connectivity index (χ0n) is 8.66. The first kappa shape index (κ1) is 11.2. The number of ether oxygens (including phenoxy) is 1. The second-order valence-corrected chi connectivity index (χ2v) is 4.21. The van der Waals surface area contributed by atoms with E-state index in [1.165, 1.54) is 17.6 Å². The van der Waals surface area contributed by atoms with Gasteiger partial charge in [0.1, 0.15) is 6.04 Å². The molecule has 0 aliphatic rings. The van der Waals surface area contributed by atoms with Gasteiger partial charge in [-0.2, -0.15) is 0 Å². The first-order chi connectivity index (χ1) is 6.63. The molecular formula is C10H15NO2S. The van der Waals surface area contributed by atoms with Crippen molar-refractivity contribution in [3.63, 3.8) is 0 Å². The van der Waals surface area contributed by atoms with E-state index in [1.54, 1.807) is 18.3 Å². The maximum Gasteiger partial charge on any atom is 0.322 e. The fourth-order valence-corrected chi connectivity index (χ4v) is 1.92. The standard InChI is InChI=1S/C10H15NO2S/c1-7-4-9(14-6-7)5-11-8(2)10(12)13-3/h4,6,8,11H,5H2,1-3H3. The molecule has 0 aliphatic carbocycles. The smallest absolute Gasteiger partial charge is 0.322 e. The van der Waals surface area contributed by atoms with Crippen molar-refractivity contribution in [2.24, 2.45) is 0 Å². The molecule has 0 saturated carbocycles.